The summed E-state index contributed by atoms with van der Waals surface area (Å²) in [7, 11) is 0. The number of carbonyl (C=O) groups excluding carboxylic acids is 3. The maximum Gasteiger partial charge on any atom is 0.263 e. The van der Waals surface area contributed by atoms with Crippen molar-refractivity contribution in [3.8, 4) is 0 Å². The molecule has 1 N–H and O–H groups in total. The molecule has 0 atom stereocenters. The largest absolute Gasteiger partial charge is 0.467 e. The lowest BCUT2D eigenvalue weighted by atomic mass is 10.1. The van der Waals surface area contributed by atoms with Gasteiger partial charge in [0.2, 0.25) is 11.8 Å². The number of furan rings is 1. The van der Waals surface area contributed by atoms with Gasteiger partial charge in [0.05, 0.1) is 30.5 Å². The van der Waals surface area contributed by atoms with E-state index in [0.717, 1.165) is 10.4 Å². The topological polar surface area (TPSA) is 115 Å². The Balaban J connectivity index is 1.43. The molecular formula is C26H24N4O5S2. The van der Waals surface area contributed by atoms with Crippen LogP contribution in [0.2, 0.25) is 0 Å². The van der Waals surface area contributed by atoms with Crippen molar-refractivity contribution in [1.82, 2.24) is 14.5 Å². The Morgan fingerprint density at radius 2 is 1.95 bits per heavy atom. The van der Waals surface area contributed by atoms with Gasteiger partial charge in [-0.05, 0) is 55.3 Å². The molecule has 0 fully saturated rings. The first kappa shape index (κ1) is 25.0. The van der Waals surface area contributed by atoms with Crippen LogP contribution in [-0.2, 0) is 29.1 Å². The Morgan fingerprint density at radius 1 is 1.16 bits per heavy atom. The van der Waals surface area contributed by atoms with Crippen LogP contribution in [0.25, 0.3) is 10.2 Å². The van der Waals surface area contributed by atoms with Crippen molar-refractivity contribution in [2.75, 3.05) is 17.6 Å². The molecule has 0 bridgehead atoms. The first-order valence-corrected chi connectivity index (χ1v) is 13.5. The second kappa shape index (κ2) is 10.3. The standard InChI is InChI=1S/C26H24N4O5S2/c1-15(31)17-5-7-18(8-6-17)27-22(33)14-36-26-28-24-23(25(34)30(26)12-19-4-3-11-35-19)20-9-10-29(16(2)32)13-21(20)37-24/h3-8,11H,9-10,12-14H2,1-2H3,(H,27,33). The minimum absolute atomic E-state index is 0.00415. The third kappa shape index (κ3) is 5.23. The number of nitrogens with zero attached hydrogens (tertiary/aromatic N) is 3. The number of fused-ring (bicyclic) bond motifs is 3. The van der Waals surface area contributed by atoms with E-state index in [-0.39, 0.29) is 35.5 Å². The van der Waals surface area contributed by atoms with Crippen LogP contribution in [0.15, 0.2) is 57.0 Å². The molecule has 0 saturated carbocycles. The van der Waals surface area contributed by atoms with E-state index in [1.54, 1.807) is 59.1 Å². The normalized spacial score (nSPS) is 13.0. The molecule has 3 aromatic heterocycles. The van der Waals surface area contributed by atoms with E-state index in [4.69, 9.17) is 9.40 Å². The average molecular weight is 537 g/mol. The van der Waals surface area contributed by atoms with E-state index in [2.05, 4.69) is 5.32 Å². The van der Waals surface area contributed by atoms with Gasteiger partial charge in [0, 0.05) is 29.6 Å². The van der Waals surface area contributed by atoms with E-state index in [1.807, 2.05) is 0 Å². The molecule has 4 aromatic rings. The second-order valence-electron chi connectivity index (χ2n) is 8.71. The number of hydrogen-bond donors (Lipinski definition) is 1. The highest BCUT2D eigenvalue weighted by molar-refractivity contribution is 7.99. The van der Waals surface area contributed by atoms with Gasteiger partial charge in [-0.1, -0.05) is 11.8 Å². The molecule has 11 heteroatoms. The fourth-order valence-electron chi connectivity index (χ4n) is 4.25. The Labute approximate surface area is 220 Å². The highest BCUT2D eigenvalue weighted by atomic mass is 32.2. The fraction of sp³-hybridized carbons (Fsp3) is 0.269. The maximum atomic E-state index is 13.7. The minimum atomic E-state index is -0.262. The SMILES string of the molecule is CC(=O)c1ccc(NC(=O)CSc2nc3sc4c(c3c(=O)n2Cc2ccco2)CCN(C(C)=O)C4)cc1. The molecule has 4 heterocycles. The second-order valence-corrected chi connectivity index (χ2v) is 10.7. The number of anilines is 1. The van der Waals surface area contributed by atoms with Gasteiger partial charge in [0.15, 0.2) is 10.9 Å². The summed E-state index contributed by atoms with van der Waals surface area (Å²) in [5.74, 6) is 0.334. The minimum Gasteiger partial charge on any atom is -0.467 e. The van der Waals surface area contributed by atoms with E-state index in [9.17, 15) is 19.2 Å². The van der Waals surface area contributed by atoms with Crippen LogP contribution < -0.4 is 10.9 Å². The lowest BCUT2D eigenvalue weighted by molar-refractivity contribution is -0.129. The number of amides is 2. The van der Waals surface area contributed by atoms with Gasteiger partial charge in [0.1, 0.15) is 10.6 Å². The number of rotatable bonds is 7. The summed E-state index contributed by atoms with van der Waals surface area (Å²) in [4.78, 5) is 57.9. The Morgan fingerprint density at radius 3 is 2.62 bits per heavy atom. The molecular weight excluding hydrogens is 512 g/mol. The van der Waals surface area contributed by atoms with E-state index >= 15 is 0 Å². The lowest BCUT2D eigenvalue weighted by Crippen LogP contribution is -2.34. The number of thiophene rings is 1. The summed E-state index contributed by atoms with van der Waals surface area (Å²) in [5, 5.41) is 3.80. The van der Waals surface area contributed by atoms with E-state index in [1.165, 1.54) is 30.0 Å². The molecule has 9 nitrogen and oxygen atoms in total. The third-order valence-corrected chi connectivity index (χ3v) is 8.26. The van der Waals surface area contributed by atoms with Gasteiger partial charge in [-0.3, -0.25) is 23.7 Å². The predicted molar refractivity (Wildman–Crippen MR) is 142 cm³/mol. The molecule has 1 aliphatic heterocycles. The smallest absolute Gasteiger partial charge is 0.263 e. The van der Waals surface area contributed by atoms with Crippen LogP contribution in [0.1, 0.15) is 40.4 Å². The van der Waals surface area contributed by atoms with Crippen molar-refractivity contribution < 1.29 is 18.8 Å². The monoisotopic (exact) mass is 536 g/mol. The number of aromatic nitrogens is 2. The highest BCUT2D eigenvalue weighted by Crippen LogP contribution is 2.34. The summed E-state index contributed by atoms with van der Waals surface area (Å²) >= 11 is 2.59. The lowest BCUT2D eigenvalue weighted by Gasteiger charge is -2.25. The van der Waals surface area contributed by atoms with Gasteiger partial charge in [-0.15, -0.1) is 11.3 Å². The van der Waals surface area contributed by atoms with Crippen molar-refractivity contribution in [3.05, 3.63) is 74.8 Å². The van der Waals surface area contributed by atoms with Crippen LogP contribution in [0.4, 0.5) is 5.69 Å². The summed E-state index contributed by atoms with van der Waals surface area (Å²) in [6.45, 7) is 4.26. The Hall–Kier alpha value is -3.70. The van der Waals surface area contributed by atoms with E-state index < -0.39 is 0 Å². The number of nitrogens with one attached hydrogen (secondary N) is 1. The van der Waals surface area contributed by atoms with Crippen LogP contribution >= 0.6 is 23.1 Å². The predicted octanol–water partition coefficient (Wildman–Crippen LogP) is 3.94. The van der Waals surface area contributed by atoms with Crippen molar-refractivity contribution in [1.29, 1.82) is 0 Å². The number of ketones is 1. The first-order chi connectivity index (χ1) is 17.8. The van der Waals surface area contributed by atoms with Gasteiger partial charge < -0.3 is 14.6 Å². The third-order valence-electron chi connectivity index (χ3n) is 6.17. The Kier molecular flexibility index (Phi) is 6.98. The molecule has 0 aliphatic carbocycles. The van der Waals surface area contributed by atoms with Gasteiger partial charge in [-0.25, -0.2) is 4.98 Å². The highest BCUT2D eigenvalue weighted by Gasteiger charge is 2.26. The quantitative estimate of drug-likeness (QED) is 0.216. The van der Waals surface area contributed by atoms with Gasteiger partial charge >= 0.3 is 0 Å². The van der Waals surface area contributed by atoms with Gasteiger partial charge in [0.25, 0.3) is 5.56 Å². The summed E-state index contributed by atoms with van der Waals surface area (Å²) < 4.78 is 7.03. The zero-order chi connectivity index (χ0) is 26.1. The molecule has 37 heavy (non-hydrogen) atoms. The summed E-state index contributed by atoms with van der Waals surface area (Å²) in [6, 6.07) is 10.2. The molecule has 2 amide bonds. The Bertz CT molecular complexity index is 1550. The number of thioether (sulfide) groups is 1. The van der Waals surface area contributed by atoms with E-state index in [0.29, 0.717) is 51.9 Å². The molecule has 0 unspecified atom stereocenters. The van der Waals surface area contributed by atoms with Crippen molar-refractivity contribution in [2.24, 2.45) is 0 Å². The fourth-order valence-corrected chi connectivity index (χ4v) is 6.32. The van der Waals surface area contributed by atoms with Crippen LogP contribution in [-0.4, -0.2) is 44.3 Å². The molecule has 1 aliphatic rings. The van der Waals surface area contributed by atoms with Crippen molar-refractivity contribution >= 4 is 56.6 Å². The molecule has 0 saturated heterocycles. The summed E-state index contributed by atoms with van der Waals surface area (Å²) in [5.41, 5.74) is 1.91. The average Bonchev–Trinajstić information content (AvgIpc) is 3.52. The first-order valence-electron chi connectivity index (χ1n) is 11.7. The van der Waals surface area contributed by atoms with Crippen molar-refractivity contribution in [3.63, 3.8) is 0 Å². The molecule has 0 spiro atoms. The molecule has 190 valence electrons. The number of Topliss-reactive ketones (excluding diaryl/α,β-unsaturated/α-hetero) is 1. The maximum absolute atomic E-state index is 13.7. The molecule has 1 aromatic carbocycles. The number of carbonyl (C=O) groups is 3. The summed E-state index contributed by atoms with van der Waals surface area (Å²) in [6.07, 6.45) is 2.15. The van der Waals surface area contributed by atoms with Crippen LogP contribution in [0.3, 0.4) is 0 Å². The molecule has 5 rings (SSSR count). The van der Waals surface area contributed by atoms with Crippen molar-refractivity contribution in [2.45, 2.75) is 38.5 Å². The van der Waals surface area contributed by atoms with Gasteiger partial charge in [-0.2, -0.15) is 0 Å². The zero-order valence-electron chi connectivity index (χ0n) is 20.3. The van der Waals surface area contributed by atoms with Crippen LogP contribution in [0, 0.1) is 0 Å². The zero-order valence-corrected chi connectivity index (χ0v) is 21.9. The number of benzene rings is 1. The number of hydrogen-bond acceptors (Lipinski definition) is 8. The van der Waals surface area contributed by atoms with Crippen LogP contribution in [0.5, 0.6) is 0 Å². The molecule has 0 radical (unpaired) electrons.